The van der Waals surface area contributed by atoms with Crippen LogP contribution < -0.4 is 5.32 Å². The van der Waals surface area contributed by atoms with E-state index in [1.54, 1.807) is 13.2 Å². The van der Waals surface area contributed by atoms with Crippen LogP contribution in [0.15, 0.2) is 18.3 Å². The number of nitrogens with zero attached hydrogens (tertiary/aromatic N) is 3. The Morgan fingerprint density at radius 1 is 1.24 bits per heavy atom. The van der Waals surface area contributed by atoms with Gasteiger partial charge in [-0.05, 0) is 25.0 Å². The zero-order chi connectivity index (χ0) is 14.7. The molecule has 0 aromatic carbocycles. The molecule has 5 heteroatoms. The van der Waals surface area contributed by atoms with Crippen LogP contribution in [0.4, 0.5) is 5.82 Å². The maximum atomic E-state index is 12.6. The number of aromatic nitrogens is 1. The number of hydrogen-bond donors (Lipinski definition) is 1. The standard InChI is InChI=1S/C16H24N4O/c1-17-15-14(7-4-8-18-15)16(21)20-11-9-19(10-12-20)13-5-2-3-6-13/h4,7-8,13H,2-3,5-6,9-12H2,1H3,(H,17,18). The van der Waals surface area contributed by atoms with Gasteiger partial charge in [0.25, 0.3) is 5.91 Å². The van der Waals surface area contributed by atoms with Gasteiger partial charge < -0.3 is 10.2 Å². The predicted molar refractivity (Wildman–Crippen MR) is 83.5 cm³/mol. The lowest BCUT2D eigenvalue weighted by Gasteiger charge is -2.38. The minimum Gasteiger partial charge on any atom is -0.372 e. The number of nitrogens with one attached hydrogen (secondary N) is 1. The van der Waals surface area contributed by atoms with Crippen molar-refractivity contribution in [3.05, 3.63) is 23.9 Å². The highest BCUT2D eigenvalue weighted by Crippen LogP contribution is 2.25. The van der Waals surface area contributed by atoms with E-state index in [2.05, 4.69) is 15.2 Å². The molecule has 1 aromatic heterocycles. The van der Waals surface area contributed by atoms with Crippen LogP contribution in [0.1, 0.15) is 36.0 Å². The van der Waals surface area contributed by atoms with Crippen molar-refractivity contribution in [2.75, 3.05) is 38.5 Å². The average molecular weight is 288 g/mol. The van der Waals surface area contributed by atoms with Gasteiger partial charge in [-0.3, -0.25) is 9.69 Å². The molecule has 0 radical (unpaired) electrons. The van der Waals surface area contributed by atoms with Crippen molar-refractivity contribution in [2.24, 2.45) is 0 Å². The van der Waals surface area contributed by atoms with Gasteiger partial charge in [-0.25, -0.2) is 4.98 Å². The van der Waals surface area contributed by atoms with E-state index in [0.29, 0.717) is 11.4 Å². The van der Waals surface area contributed by atoms with E-state index in [1.165, 1.54) is 25.7 Å². The Morgan fingerprint density at radius 2 is 1.95 bits per heavy atom. The predicted octanol–water partition coefficient (Wildman–Crippen LogP) is 1.82. The van der Waals surface area contributed by atoms with E-state index in [1.807, 2.05) is 17.0 Å². The molecule has 2 aliphatic rings. The number of carbonyl (C=O) groups excluding carboxylic acids is 1. The molecule has 1 amide bonds. The van der Waals surface area contributed by atoms with Crippen molar-refractivity contribution in [3.63, 3.8) is 0 Å². The number of hydrogen-bond acceptors (Lipinski definition) is 4. The summed E-state index contributed by atoms with van der Waals surface area (Å²) in [5.74, 6) is 0.763. The minimum atomic E-state index is 0.0959. The molecule has 114 valence electrons. The first-order valence-electron chi connectivity index (χ1n) is 7.95. The van der Waals surface area contributed by atoms with Gasteiger partial charge in [0.2, 0.25) is 0 Å². The van der Waals surface area contributed by atoms with Gasteiger partial charge in [-0.1, -0.05) is 12.8 Å². The third kappa shape index (κ3) is 3.02. The fraction of sp³-hybridized carbons (Fsp3) is 0.625. The van der Waals surface area contributed by atoms with Crippen molar-refractivity contribution in [2.45, 2.75) is 31.7 Å². The normalized spacial score (nSPS) is 20.7. The third-order valence-corrected chi connectivity index (χ3v) is 4.72. The second-order valence-corrected chi connectivity index (χ2v) is 5.92. The highest BCUT2D eigenvalue weighted by Gasteiger charge is 2.28. The molecule has 1 saturated heterocycles. The van der Waals surface area contributed by atoms with E-state index >= 15 is 0 Å². The lowest BCUT2D eigenvalue weighted by atomic mass is 10.1. The first-order chi connectivity index (χ1) is 10.3. The molecule has 5 nitrogen and oxygen atoms in total. The Balaban J connectivity index is 1.62. The van der Waals surface area contributed by atoms with Gasteiger partial charge in [0.1, 0.15) is 5.82 Å². The molecular weight excluding hydrogens is 264 g/mol. The highest BCUT2D eigenvalue weighted by atomic mass is 16.2. The van der Waals surface area contributed by atoms with Gasteiger partial charge in [-0.15, -0.1) is 0 Å². The van der Waals surface area contributed by atoms with E-state index in [-0.39, 0.29) is 5.91 Å². The Bertz CT molecular complexity index is 491. The molecule has 1 aliphatic heterocycles. The number of rotatable bonds is 3. The minimum absolute atomic E-state index is 0.0959. The van der Waals surface area contributed by atoms with Crippen LogP contribution in [0.3, 0.4) is 0 Å². The molecule has 2 fully saturated rings. The molecule has 1 aromatic rings. The van der Waals surface area contributed by atoms with Crippen molar-refractivity contribution in [1.29, 1.82) is 0 Å². The van der Waals surface area contributed by atoms with Crippen molar-refractivity contribution >= 4 is 11.7 Å². The van der Waals surface area contributed by atoms with Gasteiger partial charge in [0.05, 0.1) is 5.56 Å². The first-order valence-corrected chi connectivity index (χ1v) is 7.95. The number of amides is 1. The second kappa shape index (κ2) is 6.43. The summed E-state index contributed by atoms with van der Waals surface area (Å²) in [6.07, 6.45) is 7.11. The Labute approximate surface area is 126 Å². The quantitative estimate of drug-likeness (QED) is 0.922. The van der Waals surface area contributed by atoms with E-state index in [9.17, 15) is 4.79 Å². The lowest BCUT2D eigenvalue weighted by Crippen LogP contribution is -2.51. The number of pyridine rings is 1. The lowest BCUT2D eigenvalue weighted by molar-refractivity contribution is 0.0574. The molecule has 2 heterocycles. The molecule has 1 saturated carbocycles. The zero-order valence-corrected chi connectivity index (χ0v) is 12.7. The topological polar surface area (TPSA) is 48.5 Å². The maximum absolute atomic E-state index is 12.6. The Morgan fingerprint density at radius 3 is 2.62 bits per heavy atom. The molecule has 21 heavy (non-hydrogen) atoms. The van der Waals surface area contributed by atoms with Gasteiger partial charge >= 0.3 is 0 Å². The van der Waals surface area contributed by atoms with Crippen LogP contribution in [-0.4, -0.2) is 60.0 Å². The maximum Gasteiger partial charge on any atom is 0.257 e. The molecule has 1 aliphatic carbocycles. The van der Waals surface area contributed by atoms with Crippen molar-refractivity contribution in [3.8, 4) is 0 Å². The first kappa shape index (κ1) is 14.3. The number of anilines is 1. The average Bonchev–Trinajstić information content (AvgIpc) is 3.09. The Hall–Kier alpha value is -1.62. The van der Waals surface area contributed by atoms with Gasteiger partial charge in [0, 0.05) is 45.5 Å². The van der Waals surface area contributed by atoms with Gasteiger partial charge in [-0.2, -0.15) is 0 Å². The van der Waals surface area contributed by atoms with E-state index in [0.717, 1.165) is 32.2 Å². The van der Waals surface area contributed by atoms with Crippen LogP contribution in [0.25, 0.3) is 0 Å². The summed E-state index contributed by atoms with van der Waals surface area (Å²) >= 11 is 0. The molecule has 0 unspecified atom stereocenters. The van der Waals surface area contributed by atoms with Crippen LogP contribution in [0, 0.1) is 0 Å². The van der Waals surface area contributed by atoms with E-state index < -0.39 is 0 Å². The fourth-order valence-corrected chi connectivity index (χ4v) is 3.51. The van der Waals surface area contributed by atoms with Crippen LogP contribution in [-0.2, 0) is 0 Å². The summed E-state index contributed by atoms with van der Waals surface area (Å²) in [5.41, 5.74) is 0.675. The smallest absolute Gasteiger partial charge is 0.257 e. The zero-order valence-electron chi connectivity index (χ0n) is 12.7. The van der Waals surface area contributed by atoms with Crippen molar-refractivity contribution in [1.82, 2.24) is 14.8 Å². The SMILES string of the molecule is CNc1ncccc1C(=O)N1CCN(C2CCCC2)CC1. The summed E-state index contributed by atoms with van der Waals surface area (Å²) in [4.78, 5) is 21.4. The fourth-order valence-electron chi connectivity index (χ4n) is 3.51. The monoisotopic (exact) mass is 288 g/mol. The molecule has 3 rings (SSSR count). The summed E-state index contributed by atoms with van der Waals surface area (Å²) in [6, 6.07) is 4.43. The van der Waals surface area contributed by atoms with Crippen LogP contribution in [0.2, 0.25) is 0 Å². The highest BCUT2D eigenvalue weighted by molar-refractivity contribution is 5.98. The Kier molecular flexibility index (Phi) is 4.39. The van der Waals surface area contributed by atoms with Gasteiger partial charge in [0.15, 0.2) is 0 Å². The summed E-state index contributed by atoms with van der Waals surface area (Å²) < 4.78 is 0. The van der Waals surface area contributed by atoms with Crippen LogP contribution in [0.5, 0.6) is 0 Å². The summed E-state index contributed by atoms with van der Waals surface area (Å²) in [6.45, 7) is 3.66. The third-order valence-electron chi connectivity index (χ3n) is 4.72. The largest absolute Gasteiger partial charge is 0.372 e. The second-order valence-electron chi connectivity index (χ2n) is 5.92. The number of piperazine rings is 1. The number of carbonyl (C=O) groups is 1. The molecule has 1 N–H and O–H groups in total. The summed E-state index contributed by atoms with van der Waals surface area (Å²) in [7, 11) is 1.80. The van der Waals surface area contributed by atoms with Crippen LogP contribution >= 0.6 is 0 Å². The molecule has 0 spiro atoms. The molecule has 0 bridgehead atoms. The molecular formula is C16H24N4O. The van der Waals surface area contributed by atoms with E-state index in [4.69, 9.17) is 0 Å². The summed E-state index contributed by atoms with van der Waals surface area (Å²) in [5, 5.41) is 3.00. The van der Waals surface area contributed by atoms with Crippen molar-refractivity contribution < 1.29 is 4.79 Å². The molecule has 0 atom stereocenters.